The molecule has 0 bridgehead atoms. The van der Waals surface area contributed by atoms with Crippen LogP contribution in [0.4, 0.5) is 5.69 Å². The molecule has 2 rings (SSSR count). The Morgan fingerprint density at radius 2 is 1.84 bits per heavy atom. The summed E-state index contributed by atoms with van der Waals surface area (Å²) in [5, 5.41) is 6.27. The van der Waals surface area contributed by atoms with Crippen LogP contribution in [0.2, 0.25) is 0 Å². The van der Waals surface area contributed by atoms with E-state index in [1.807, 2.05) is 23.2 Å². The monoisotopic (exact) mass is 277 g/mol. The lowest BCUT2D eigenvalue weighted by Crippen LogP contribution is -2.51. The lowest BCUT2D eigenvalue weighted by molar-refractivity contribution is 0.281. The summed E-state index contributed by atoms with van der Waals surface area (Å²) < 4.78 is 0. The number of nitrogens with one attached hydrogen (secondary N) is 2. The predicted molar refractivity (Wildman–Crippen MR) is 85.0 cm³/mol. The number of benzene rings is 1. The molecule has 0 amide bonds. The van der Waals surface area contributed by atoms with Crippen molar-refractivity contribution in [2.75, 3.05) is 5.01 Å². The molecular weight excluding hydrogens is 254 g/mol. The zero-order valence-electron chi connectivity index (χ0n) is 11.8. The van der Waals surface area contributed by atoms with E-state index in [2.05, 4.69) is 36.7 Å². The van der Waals surface area contributed by atoms with Crippen molar-refractivity contribution in [2.24, 2.45) is 0 Å². The summed E-state index contributed by atoms with van der Waals surface area (Å²) in [6.07, 6.45) is 5.71. The third-order valence-corrected chi connectivity index (χ3v) is 3.81. The lowest BCUT2D eigenvalue weighted by atomic mass is 9.98. The van der Waals surface area contributed by atoms with Gasteiger partial charge in [-0.2, -0.15) is 0 Å². The summed E-state index contributed by atoms with van der Waals surface area (Å²) in [6, 6.07) is 10.2. The van der Waals surface area contributed by atoms with Crippen LogP contribution in [-0.2, 0) is 0 Å². The molecule has 1 aliphatic rings. The minimum atomic E-state index is -0.0717. The van der Waals surface area contributed by atoms with Gasteiger partial charge in [-0.25, -0.2) is 5.43 Å². The highest BCUT2D eigenvalue weighted by molar-refractivity contribution is 7.80. The molecule has 4 heteroatoms. The second-order valence-corrected chi connectivity index (χ2v) is 5.54. The maximum atomic E-state index is 5.49. The number of thiocarbonyl (C=S) groups is 1. The van der Waals surface area contributed by atoms with E-state index in [1.54, 1.807) is 0 Å². The zero-order valence-corrected chi connectivity index (χ0v) is 12.6. The number of unbranched alkanes of at least 4 members (excludes halogenated alkanes) is 1. The van der Waals surface area contributed by atoms with Gasteiger partial charge in [0.2, 0.25) is 0 Å². The number of hydrazine groups is 1. The summed E-state index contributed by atoms with van der Waals surface area (Å²) in [5.74, 6) is 0. The summed E-state index contributed by atoms with van der Waals surface area (Å²) in [4.78, 5) is 0. The van der Waals surface area contributed by atoms with Gasteiger partial charge in [0.1, 0.15) is 5.66 Å². The first-order chi connectivity index (χ1) is 9.21. The molecule has 1 fully saturated rings. The van der Waals surface area contributed by atoms with Crippen molar-refractivity contribution >= 4 is 23.0 Å². The molecule has 3 nitrogen and oxygen atoms in total. The van der Waals surface area contributed by atoms with Crippen molar-refractivity contribution in [2.45, 2.75) is 51.6 Å². The molecular formula is C15H23N3S. The van der Waals surface area contributed by atoms with E-state index in [9.17, 15) is 0 Å². The van der Waals surface area contributed by atoms with Crippen LogP contribution in [0.5, 0.6) is 0 Å². The van der Waals surface area contributed by atoms with E-state index in [1.165, 1.54) is 12.8 Å². The third kappa shape index (κ3) is 3.25. The van der Waals surface area contributed by atoms with Crippen molar-refractivity contribution in [1.29, 1.82) is 0 Å². The summed E-state index contributed by atoms with van der Waals surface area (Å²) in [5.41, 5.74) is 4.61. The molecule has 1 heterocycles. The van der Waals surface area contributed by atoms with Gasteiger partial charge in [-0.1, -0.05) is 44.9 Å². The number of hydrogen-bond acceptors (Lipinski definition) is 2. The maximum absolute atomic E-state index is 5.49. The fourth-order valence-electron chi connectivity index (χ4n) is 2.58. The molecule has 1 atom stereocenters. The van der Waals surface area contributed by atoms with E-state index in [0.29, 0.717) is 0 Å². The van der Waals surface area contributed by atoms with Crippen LogP contribution < -0.4 is 15.8 Å². The van der Waals surface area contributed by atoms with Crippen LogP contribution in [-0.4, -0.2) is 10.8 Å². The van der Waals surface area contributed by atoms with E-state index < -0.39 is 0 Å². The Labute approximate surface area is 121 Å². The lowest BCUT2D eigenvalue weighted by Gasteiger charge is -2.29. The molecule has 19 heavy (non-hydrogen) atoms. The quantitative estimate of drug-likeness (QED) is 0.777. The summed E-state index contributed by atoms with van der Waals surface area (Å²) in [7, 11) is 0. The molecule has 0 saturated carbocycles. The number of rotatable bonds is 6. The van der Waals surface area contributed by atoms with Crippen LogP contribution in [0.1, 0.15) is 46.0 Å². The van der Waals surface area contributed by atoms with Crippen molar-refractivity contribution < 1.29 is 0 Å². The molecule has 104 valence electrons. The van der Waals surface area contributed by atoms with Crippen LogP contribution >= 0.6 is 12.2 Å². The molecule has 0 radical (unpaired) electrons. The molecule has 1 aromatic rings. The average molecular weight is 277 g/mol. The largest absolute Gasteiger partial charge is 0.342 e. The Kier molecular flexibility index (Phi) is 4.77. The predicted octanol–water partition coefficient (Wildman–Crippen LogP) is 3.57. The molecule has 0 spiro atoms. The van der Waals surface area contributed by atoms with Gasteiger partial charge in [-0.15, -0.1) is 0 Å². The highest BCUT2D eigenvalue weighted by atomic mass is 32.1. The second-order valence-electron chi connectivity index (χ2n) is 5.15. The Balaban J connectivity index is 2.15. The SMILES string of the molecule is CCCC[C@]1(CCC)NC(=S)N(c2ccccc2)N1. The van der Waals surface area contributed by atoms with Crippen molar-refractivity contribution in [3.63, 3.8) is 0 Å². The third-order valence-electron chi connectivity index (χ3n) is 3.52. The molecule has 2 N–H and O–H groups in total. The minimum absolute atomic E-state index is 0.0717. The Bertz CT molecular complexity index is 421. The van der Waals surface area contributed by atoms with E-state index in [4.69, 9.17) is 12.2 Å². The van der Waals surface area contributed by atoms with Gasteiger partial charge in [0.15, 0.2) is 5.11 Å². The highest BCUT2D eigenvalue weighted by Gasteiger charge is 2.39. The zero-order chi connectivity index (χ0) is 13.7. The number of anilines is 1. The number of para-hydroxylation sites is 1. The highest BCUT2D eigenvalue weighted by Crippen LogP contribution is 2.26. The maximum Gasteiger partial charge on any atom is 0.189 e. The number of hydrogen-bond donors (Lipinski definition) is 2. The van der Waals surface area contributed by atoms with Gasteiger partial charge in [-0.05, 0) is 43.6 Å². The standard InChI is InChI=1S/C15H23N3S/c1-3-5-12-15(11-4-2)16-14(19)18(17-15)13-9-7-6-8-10-13/h6-10,17H,3-5,11-12H2,1-2H3,(H,16,19)/t15-/m1/s1. The van der Waals surface area contributed by atoms with Crippen LogP contribution in [0, 0.1) is 0 Å². The smallest absolute Gasteiger partial charge is 0.189 e. The minimum Gasteiger partial charge on any atom is -0.342 e. The summed E-state index contributed by atoms with van der Waals surface area (Å²) >= 11 is 5.49. The molecule has 1 saturated heterocycles. The molecule has 0 aromatic heterocycles. The van der Waals surface area contributed by atoms with Crippen LogP contribution in [0.25, 0.3) is 0 Å². The fourth-order valence-corrected chi connectivity index (χ4v) is 2.93. The molecule has 0 unspecified atom stereocenters. The Morgan fingerprint density at radius 1 is 1.11 bits per heavy atom. The van der Waals surface area contributed by atoms with E-state index >= 15 is 0 Å². The molecule has 1 aromatic carbocycles. The first-order valence-corrected chi connectivity index (χ1v) is 7.57. The number of nitrogens with zero attached hydrogens (tertiary/aromatic N) is 1. The average Bonchev–Trinajstić information content (AvgIpc) is 2.75. The van der Waals surface area contributed by atoms with E-state index in [-0.39, 0.29) is 5.66 Å². The van der Waals surface area contributed by atoms with Gasteiger partial charge in [0.25, 0.3) is 0 Å². The topological polar surface area (TPSA) is 27.3 Å². The Morgan fingerprint density at radius 3 is 2.47 bits per heavy atom. The van der Waals surface area contributed by atoms with E-state index in [0.717, 1.165) is 30.1 Å². The van der Waals surface area contributed by atoms with Gasteiger partial charge < -0.3 is 5.32 Å². The molecule has 0 aliphatic carbocycles. The van der Waals surface area contributed by atoms with Gasteiger partial charge in [0.05, 0.1) is 5.69 Å². The van der Waals surface area contributed by atoms with Crippen molar-refractivity contribution in [1.82, 2.24) is 10.7 Å². The second kappa shape index (κ2) is 6.35. The van der Waals surface area contributed by atoms with Gasteiger partial charge >= 0.3 is 0 Å². The Hall–Kier alpha value is -1.13. The molecule has 1 aliphatic heterocycles. The van der Waals surface area contributed by atoms with Crippen molar-refractivity contribution in [3.05, 3.63) is 30.3 Å². The van der Waals surface area contributed by atoms with Crippen LogP contribution in [0.15, 0.2) is 30.3 Å². The van der Waals surface area contributed by atoms with Gasteiger partial charge in [-0.3, -0.25) is 5.01 Å². The normalized spacial score (nSPS) is 22.6. The van der Waals surface area contributed by atoms with Gasteiger partial charge in [0, 0.05) is 0 Å². The van der Waals surface area contributed by atoms with Crippen LogP contribution in [0.3, 0.4) is 0 Å². The van der Waals surface area contributed by atoms with Crippen molar-refractivity contribution in [3.8, 4) is 0 Å². The fraction of sp³-hybridized carbons (Fsp3) is 0.533. The first-order valence-electron chi connectivity index (χ1n) is 7.16. The summed E-state index contributed by atoms with van der Waals surface area (Å²) in [6.45, 7) is 4.44. The first kappa shape index (κ1) is 14.3.